The lowest BCUT2D eigenvalue weighted by Crippen LogP contribution is -3.00. The van der Waals surface area contributed by atoms with Crippen LogP contribution < -0.4 is 27.3 Å². The molecule has 3 rings (SSSR count). The molecule has 0 aliphatic carbocycles. The van der Waals surface area contributed by atoms with Gasteiger partial charge in [0.1, 0.15) is 17.6 Å². The summed E-state index contributed by atoms with van der Waals surface area (Å²) in [5.74, 6) is 0.601. The summed E-state index contributed by atoms with van der Waals surface area (Å²) >= 11 is 0. The Labute approximate surface area is 145 Å². The van der Waals surface area contributed by atoms with Gasteiger partial charge in [-0.05, 0) is 12.1 Å². The standard InChI is InChI=1S/C18H17N3O.BrH/c1-2-12-20-15-10-6-7-11-16(15)21(18(20)19)13-17(22)14-8-4-3-5-9-14;/h2-11,19H,1,12-13H2;1H. The molecule has 2 aromatic carbocycles. The summed E-state index contributed by atoms with van der Waals surface area (Å²) < 4.78 is 3.81. The van der Waals surface area contributed by atoms with E-state index in [4.69, 9.17) is 5.73 Å². The highest BCUT2D eigenvalue weighted by atomic mass is 79.9. The third-order valence-corrected chi connectivity index (χ3v) is 3.73. The number of hydrogen-bond donors (Lipinski definition) is 1. The van der Waals surface area contributed by atoms with Crippen molar-refractivity contribution in [3.63, 3.8) is 0 Å². The second-order valence-corrected chi connectivity index (χ2v) is 5.12. The van der Waals surface area contributed by atoms with Crippen molar-refractivity contribution in [2.45, 2.75) is 13.1 Å². The summed E-state index contributed by atoms with van der Waals surface area (Å²) in [6, 6.07) is 17.2. The number of carbonyl (C=O) groups excluding carboxylic acids is 1. The topological polar surface area (TPSA) is 51.9 Å². The number of carbonyl (C=O) groups is 1. The maximum atomic E-state index is 12.5. The van der Waals surface area contributed by atoms with Crippen molar-refractivity contribution in [2.24, 2.45) is 0 Å². The Balaban J connectivity index is 0.00000192. The van der Waals surface area contributed by atoms with Crippen LogP contribution in [-0.4, -0.2) is 10.4 Å². The Morgan fingerprint density at radius 2 is 1.78 bits per heavy atom. The maximum Gasteiger partial charge on any atom is 0.356 e. The van der Waals surface area contributed by atoms with E-state index in [1.807, 2.05) is 63.7 Å². The number of Topliss-reactive ketones (excluding diaryl/α,β-unsaturated/α-hetero) is 1. The van der Waals surface area contributed by atoms with Gasteiger partial charge < -0.3 is 17.0 Å². The first-order valence-electron chi connectivity index (χ1n) is 7.18. The summed E-state index contributed by atoms with van der Waals surface area (Å²) in [6.45, 7) is 4.60. The predicted octanol–water partition coefficient (Wildman–Crippen LogP) is -0.416. The van der Waals surface area contributed by atoms with Gasteiger partial charge >= 0.3 is 5.95 Å². The highest BCUT2D eigenvalue weighted by Gasteiger charge is 2.22. The quantitative estimate of drug-likeness (QED) is 0.376. The molecule has 4 nitrogen and oxygen atoms in total. The lowest BCUT2D eigenvalue weighted by atomic mass is 10.1. The average Bonchev–Trinajstić information content (AvgIpc) is 2.82. The van der Waals surface area contributed by atoms with Crippen LogP contribution in [0.2, 0.25) is 0 Å². The van der Waals surface area contributed by atoms with Crippen molar-refractivity contribution in [3.8, 4) is 0 Å². The fraction of sp³-hybridized carbons (Fsp3) is 0.111. The first-order chi connectivity index (χ1) is 10.7. The number of rotatable bonds is 5. The van der Waals surface area contributed by atoms with Crippen molar-refractivity contribution in [2.75, 3.05) is 5.73 Å². The molecule has 1 heterocycles. The van der Waals surface area contributed by atoms with Gasteiger partial charge in [-0.1, -0.05) is 55.1 Å². The van der Waals surface area contributed by atoms with E-state index < -0.39 is 0 Å². The van der Waals surface area contributed by atoms with Crippen LogP contribution in [-0.2, 0) is 13.1 Å². The number of nitrogens with zero attached hydrogens (tertiary/aromatic N) is 2. The molecule has 0 atom stereocenters. The molecule has 0 aliphatic heterocycles. The zero-order chi connectivity index (χ0) is 15.5. The molecule has 1 aromatic heterocycles. The predicted molar refractivity (Wildman–Crippen MR) is 87.5 cm³/mol. The molecule has 5 heteroatoms. The zero-order valence-electron chi connectivity index (χ0n) is 12.7. The van der Waals surface area contributed by atoms with Crippen molar-refractivity contribution in [3.05, 3.63) is 72.8 Å². The first-order valence-corrected chi connectivity index (χ1v) is 7.18. The van der Waals surface area contributed by atoms with E-state index in [1.165, 1.54) is 0 Å². The molecule has 0 spiro atoms. The van der Waals surface area contributed by atoms with E-state index in [-0.39, 0.29) is 29.3 Å². The van der Waals surface area contributed by atoms with E-state index in [9.17, 15) is 4.79 Å². The highest BCUT2D eigenvalue weighted by molar-refractivity contribution is 5.95. The van der Waals surface area contributed by atoms with Crippen molar-refractivity contribution < 1.29 is 26.3 Å². The maximum absolute atomic E-state index is 12.5. The van der Waals surface area contributed by atoms with Gasteiger partial charge in [0.2, 0.25) is 0 Å². The fourth-order valence-electron chi connectivity index (χ4n) is 2.66. The number of anilines is 1. The number of benzene rings is 2. The molecule has 23 heavy (non-hydrogen) atoms. The minimum atomic E-state index is 0. The van der Waals surface area contributed by atoms with Gasteiger partial charge in [0, 0.05) is 5.56 Å². The largest absolute Gasteiger partial charge is 1.00 e. The van der Waals surface area contributed by atoms with Crippen LogP contribution in [0.4, 0.5) is 5.95 Å². The monoisotopic (exact) mass is 371 g/mol. The van der Waals surface area contributed by atoms with E-state index in [2.05, 4.69) is 6.58 Å². The van der Waals surface area contributed by atoms with E-state index >= 15 is 0 Å². The summed E-state index contributed by atoms with van der Waals surface area (Å²) in [7, 11) is 0. The van der Waals surface area contributed by atoms with Gasteiger partial charge in [0.25, 0.3) is 0 Å². The van der Waals surface area contributed by atoms with Crippen LogP contribution >= 0.6 is 0 Å². The number of halogens is 1. The Bertz CT molecular complexity index is 840. The third kappa shape index (κ3) is 3.19. The average molecular weight is 372 g/mol. The molecule has 0 saturated heterocycles. The minimum absolute atomic E-state index is 0. The lowest BCUT2D eigenvalue weighted by molar-refractivity contribution is -0.642. The molecule has 2 N–H and O–H groups in total. The number of imidazole rings is 1. The SMILES string of the molecule is C=CCn1c(N)[n+](CC(=O)c2ccccc2)c2ccccc21.[Br-]. The molecule has 0 fully saturated rings. The first kappa shape index (κ1) is 17.0. The van der Waals surface area contributed by atoms with Gasteiger partial charge in [-0.15, -0.1) is 0 Å². The number of nitrogens with two attached hydrogens (primary N) is 1. The van der Waals surface area contributed by atoms with E-state index in [0.29, 0.717) is 18.1 Å². The van der Waals surface area contributed by atoms with Gasteiger partial charge in [0.05, 0.1) is 6.54 Å². The van der Waals surface area contributed by atoms with E-state index in [1.54, 1.807) is 6.08 Å². The molecule has 0 aliphatic rings. The Hall–Kier alpha value is -2.40. The van der Waals surface area contributed by atoms with Crippen molar-refractivity contribution >= 4 is 22.8 Å². The van der Waals surface area contributed by atoms with Gasteiger partial charge in [-0.3, -0.25) is 10.5 Å². The van der Waals surface area contributed by atoms with Gasteiger partial charge in [-0.2, -0.15) is 0 Å². The molecule has 0 unspecified atom stereocenters. The molecule has 0 radical (unpaired) electrons. The van der Waals surface area contributed by atoms with Crippen LogP contribution in [0, 0.1) is 0 Å². The minimum Gasteiger partial charge on any atom is -1.00 e. The molecular formula is C18H18BrN3O. The lowest BCUT2D eigenvalue weighted by Gasteiger charge is -2.01. The Morgan fingerprint density at radius 1 is 1.13 bits per heavy atom. The molecule has 118 valence electrons. The normalized spacial score (nSPS) is 10.3. The molecule has 0 bridgehead atoms. The van der Waals surface area contributed by atoms with Crippen LogP contribution in [0.1, 0.15) is 10.4 Å². The number of ketones is 1. The van der Waals surface area contributed by atoms with Crippen LogP contribution in [0.3, 0.4) is 0 Å². The van der Waals surface area contributed by atoms with Crippen molar-refractivity contribution in [1.29, 1.82) is 0 Å². The summed E-state index contributed by atoms with van der Waals surface area (Å²) in [5.41, 5.74) is 8.90. The van der Waals surface area contributed by atoms with Crippen LogP contribution in [0.5, 0.6) is 0 Å². The highest BCUT2D eigenvalue weighted by Crippen LogP contribution is 2.16. The molecule has 0 saturated carbocycles. The summed E-state index contributed by atoms with van der Waals surface area (Å²) in [4.78, 5) is 12.5. The van der Waals surface area contributed by atoms with Crippen LogP contribution in [0.25, 0.3) is 11.0 Å². The fourth-order valence-corrected chi connectivity index (χ4v) is 2.66. The second-order valence-electron chi connectivity index (χ2n) is 5.12. The Morgan fingerprint density at radius 3 is 2.48 bits per heavy atom. The molecule has 3 aromatic rings. The number of aromatic nitrogens is 2. The number of para-hydroxylation sites is 2. The van der Waals surface area contributed by atoms with Crippen molar-refractivity contribution in [1.82, 2.24) is 4.57 Å². The number of fused-ring (bicyclic) bond motifs is 1. The number of allylic oxidation sites excluding steroid dienone is 1. The smallest absolute Gasteiger partial charge is 0.356 e. The van der Waals surface area contributed by atoms with E-state index in [0.717, 1.165) is 11.0 Å². The summed E-state index contributed by atoms with van der Waals surface area (Å²) in [6.07, 6.45) is 1.80. The molecule has 0 amide bonds. The molecular weight excluding hydrogens is 354 g/mol. The second kappa shape index (κ2) is 7.24. The summed E-state index contributed by atoms with van der Waals surface area (Å²) in [5, 5.41) is 0. The third-order valence-electron chi connectivity index (χ3n) is 3.73. The van der Waals surface area contributed by atoms with Crippen LogP contribution in [0.15, 0.2) is 67.3 Å². The number of hydrogen-bond acceptors (Lipinski definition) is 2. The van der Waals surface area contributed by atoms with Gasteiger partial charge in [0.15, 0.2) is 5.78 Å². The Kier molecular flexibility index (Phi) is 5.34. The van der Waals surface area contributed by atoms with Gasteiger partial charge in [-0.25, -0.2) is 9.13 Å². The zero-order valence-corrected chi connectivity index (χ0v) is 14.2. The number of nitrogen functional groups attached to an aromatic ring is 1.